The van der Waals surface area contributed by atoms with E-state index >= 15 is 0 Å². The molecular weight excluding hydrogens is 349 g/mol. The fraction of sp³-hybridized carbons (Fsp3) is 0.429. The van der Waals surface area contributed by atoms with Crippen LogP contribution in [0, 0.1) is 6.92 Å². The molecule has 0 N–H and O–H groups in total. The highest BCUT2D eigenvalue weighted by Gasteiger charge is 2.52. The highest BCUT2D eigenvalue weighted by molar-refractivity contribution is 6.62. The predicted molar refractivity (Wildman–Crippen MR) is 103 cm³/mol. The van der Waals surface area contributed by atoms with Gasteiger partial charge in [0.15, 0.2) is 6.61 Å². The lowest BCUT2D eigenvalue weighted by Crippen LogP contribution is -2.41. The summed E-state index contributed by atoms with van der Waals surface area (Å²) < 4.78 is 46.0. The Balaban J connectivity index is 1.71. The Morgan fingerprint density at radius 2 is 1.56 bits per heavy atom. The third-order valence-electron chi connectivity index (χ3n) is 5.36. The summed E-state index contributed by atoms with van der Waals surface area (Å²) in [7, 11) is -0.491. The topological polar surface area (TPSA) is 27.7 Å². The second kappa shape index (κ2) is 6.91. The van der Waals surface area contributed by atoms with E-state index in [0.29, 0.717) is 5.75 Å². The summed E-state index contributed by atoms with van der Waals surface area (Å²) in [6, 6.07) is 12.9. The van der Waals surface area contributed by atoms with Crippen LogP contribution in [0.25, 0.3) is 0 Å². The van der Waals surface area contributed by atoms with Gasteiger partial charge in [0, 0.05) is 5.56 Å². The Labute approximate surface area is 159 Å². The van der Waals surface area contributed by atoms with Crippen molar-refractivity contribution < 1.29 is 22.8 Å². The molecule has 0 unspecified atom stereocenters. The summed E-state index contributed by atoms with van der Waals surface area (Å²) >= 11 is 0. The first-order valence-electron chi connectivity index (χ1n) is 9.04. The van der Waals surface area contributed by atoms with Crippen LogP contribution in [-0.2, 0) is 15.2 Å². The number of ether oxygens (including phenoxy) is 1. The molecule has 0 amide bonds. The average molecular weight is 374 g/mol. The van der Waals surface area contributed by atoms with E-state index in [4.69, 9.17) is 14.0 Å². The van der Waals surface area contributed by atoms with Crippen LogP contribution in [0.15, 0.2) is 48.5 Å². The highest BCUT2D eigenvalue weighted by Crippen LogP contribution is 2.37. The Bertz CT molecular complexity index is 790. The molecule has 27 heavy (non-hydrogen) atoms. The molecule has 0 aromatic heterocycles. The van der Waals surface area contributed by atoms with Crippen molar-refractivity contribution in [3.8, 4) is 5.75 Å². The minimum atomic E-state index is -3.06. The summed E-state index contributed by atoms with van der Waals surface area (Å²) in [5, 5.41) is 0. The Hall–Kier alpha value is -1.92. The third kappa shape index (κ3) is 4.02. The normalized spacial score (nSPS) is 18.6. The lowest BCUT2D eigenvalue weighted by atomic mass is 9.76. The van der Waals surface area contributed by atoms with Crippen LogP contribution in [0.5, 0.6) is 5.75 Å². The van der Waals surface area contributed by atoms with Crippen LogP contribution in [0.4, 0.5) is 8.78 Å². The second-order valence-electron chi connectivity index (χ2n) is 7.97. The molecule has 144 valence electrons. The molecule has 0 aliphatic carbocycles. The lowest BCUT2D eigenvalue weighted by Gasteiger charge is -2.32. The van der Waals surface area contributed by atoms with E-state index in [2.05, 4.69) is 0 Å². The van der Waals surface area contributed by atoms with Gasteiger partial charge in [-0.15, -0.1) is 0 Å². The van der Waals surface area contributed by atoms with Crippen molar-refractivity contribution in [2.24, 2.45) is 0 Å². The minimum absolute atomic E-state index is 0.0597. The molecule has 3 rings (SSSR count). The zero-order chi connectivity index (χ0) is 19.9. The minimum Gasteiger partial charge on any atom is -0.487 e. The van der Waals surface area contributed by atoms with Gasteiger partial charge in [0.2, 0.25) is 0 Å². The van der Waals surface area contributed by atoms with Gasteiger partial charge in [-0.1, -0.05) is 36.4 Å². The molecule has 1 fully saturated rings. The molecule has 0 bridgehead atoms. The SMILES string of the molecule is Cc1cc(OCC(F)(F)c2ccccc2)ccc1B1OC(C)(C)C(C)(C)O1. The van der Waals surface area contributed by atoms with Crippen molar-refractivity contribution in [2.75, 3.05) is 6.61 Å². The number of hydrogen-bond acceptors (Lipinski definition) is 3. The van der Waals surface area contributed by atoms with E-state index < -0.39 is 30.8 Å². The molecule has 1 saturated heterocycles. The van der Waals surface area contributed by atoms with Crippen LogP contribution in [0.2, 0.25) is 0 Å². The maximum atomic E-state index is 14.3. The lowest BCUT2D eigenvalue weighted by molar-refractivity contribution is -0.0467. The van der Waals surface area contributed by atoms with Crippen LogP contribution in [0.1, 0.15) is 38.8 Å². The van der Waals surface area contributed by atoms with Crippen LogP contribution in [0.3, 0.4) is 0 Å². The summed E-state index contributed by atoms with van der Waals surface area (Å²) in [6.45, 7) is 9.14. The van der Waals surface area contributed by atoms with E-state index in [1.807, 2.05) is 40.7 Å². The quantitative estimate of drug-likeness (QED) is 0.723. The van der Waals surface area contributed by atoms with E-state index in [0.717, 1.165) is 11.0 Å². The van der Waals surface area contributed by atoms with Gasteiger partial charge in [0.1, 0.15) is 5.75 Å². The van der Waals surface area contributed by atoms with Crippen molar-refractivity contribution in [3.05, 3.63) is 59.7 Å². The Kier molecular flexibility index (Phi) is 5.08. The van der Waals surface area contributed by atoms with Crippen molar-refractivity contribution >= 4 is 12.6 Å². The van der Waals surface area contributed by atoms with Gasteiger partial charge in [-0.3, -0.25) is 0 Å². The number of hydrogen-bond donors (Lipinski definition) is 0. The first-order chi connectivity index (χ1) is 12.5. The monoisotopic (exact) mass is 374 g/mol. The third-order valence-corrected chi connectivity index (χ3v) is 5.36. The Morgan fingerprint density at radius 3 is 2.11 bits per heavy atom. The maximum Gasteiger partial charge on any atom is 0.495 e. The smallest absolute Gasteiger partial charge is 0.487 e. The fourth-order valence-electron chi connectivity index (χ4n) is 2.91. The molecule has 0 atom stereocenters. The Morgan fingerprint density at radius 1 is 0.963 bits per heavy atom. The van der Waals surface area contributed by atoms with Crippen LogP contribution >= 0.6 is 0 Å². The summed E-state index contributed by atoms with van der Waals surface area (Å²) in [4.78, 5) is 0. The van der Waals surface area contributed by atoms with E-state index in [1.165, 1.54) is 12.1 Å². The van der Waals surface area contributed by atoms with Gasteiger partial charge in [0.05, 0.1) is 11.2 Å². The van der Waals surface area contributed by atoms with Crippen molar-refractivity contribution in [1.82, 2.24) is 0 Å². The van der Waals surface area contributed by atoms with E-state index in [1.54, 1.807) is 30.3 Å². The largest absolute Gasteiger partial charge is 0.495 e. The highest BCUT2D eigenvalue weighted by atomic mass is 19.3. The molecule has 0 saturated carbocycles. The zero-order valence-corrected chi connectivity index (χ0v) is 16.4. The summed E-state index contributed by atoms with van der Waals surface area (Å²) in [6.07, 6.45) is 0. The average Bonchev–Trinajstić information content (AvgIpc) is 2.81. The molecule has 6 heteroatoms. The fourth-order valence-corrected chi connectivity index (χ4v) is 2.91. The van der Waals surface area contributed by atoms with Gasteiger partial charge in [-0.05, 0) is 57.8 Å². The first-order valence-corrected chi connectivity index (χ1v) is 9.04. The van der Waals surface area contributed by atoms with Gasteiger partial charge in [-0.2, -0.15) is 8.78 Å². The summed E-state index contributed by atoms with van der Waals surface area (Å²) in [5.74, 6) is -2.66. The van der Waals surface area contributed by atoms with Crippen molar-refractivity contribution in [2.45, 2.75) is 51.7 Å². The molecule has 0 radical (unpaired) electrons. The van der Waals surface area contributed by atoms with Crippen molar-refractivity contribution in [1.29, 1.82) is 0 Å². The number of rotatable bonds is 5. The number of benzene rings is 2. The molecule has 2 aromatic carbocycles. The van der Waals surface area contributed by atoms with E-state index in [-0.39, 0.29) is 5.56 Å². The molecule has 1 aliphatic rings. The molecule has 2 aromatic rings. The van der Waals surface area contributed by atoms with Gasteiger partial charge >= 0.3 is 13.0 Å². The van der Waals surface area contributed by atoms with Crippen LogP contribution in [-0.4, -0.2) is 24.9 Å². The van der Waals surface area contributed by atoms with E-state index in [9.17, 15) is 8.78 Å². The second-order valence-corrected chi connectivity index (χ2v) is 7.97. The number of alkyl halides is 2. The van der Waals surface area contributed by atoms with Gasteiger partial charge in [0.25, 0.3) is 0 Å². The molecule has 0 spiro atoms. The van der Waals surface area contributed by atoms with Gasteiger partial charge in [-0.25, -0.2) is 0 Å². The number of aryl methyl sites for hydroxylation is 1. The molecule has 3 nitrogen and oxygen atoms in total. The molecule has 1 aliphatic heterocycles. The predicted octanol–water partition coefficient (Wildman–Crippen LogP) is 4.47. The standard InChI is InChI=1S/C21H25BF2O3/c1-15-13-17(25-14-21(23,24)16-9-7-6-8-10-16)11-12-18(15)22-26-19(2,3)20(4,5)27-22/h6-13H,14H2,1-5H3. The zero-order valence-electron chi connectivity index (χ0n) is 16.4. The van der Waals surface area contributed by atoms with Crippen LogP contribution < -0.4 is 10.2 Å². The van der Waals surface area contributed by atoms with Gasteiger partial charge < -0.3 is 14.0 Å². The first kappa shape index (κ1) is 19.8. The summed E-state index contributed by atoms with van der Waals surface area (Å²) in [5.41, 5.74) is 0.814. The number of halogens is 2. The van der Waals surface area contributed by atoms with Crippen molar-refractivity contribution in [3.63, 3.8) is 0 Å². The molecular formula is C21H25BF2O3. The molecule has 1 heterocycles. The maximum absolute atomic E-state index is 14.3.